The summed E-state index contributed by atoms with van der Waals surface area (Å²) < 4.78 is 0. The molecule has 1 rings (SSSR count). The van der Waals surface area contributed by atoms with Crippen molar-refractivity contribution in [1.82, 2.24) is 4.90 Å². The number of rotatable bonds is 5. The summed E-state index contributed by atoms with van der Waals surface area (Å²) in [5.74, 6) is 1.70. The van der Waals surface area contributed by atoms with E-state index in [2.05, 4.69) is 25.7 Å². The van der Waals surface area contributed by atoms with Gasteiger partial charge in [0.25, 0.3) is 0 Å². The van der Waals surface area contributed by atoms with Gasteiger partial charge in [0.1, 0.15) is 0 Å². The molecular weight excluding hydrogens is 172 g/mol. The largest absolute Gasteiger partial charge is 0.329 e. The molecule has 0 amide bonds. The molecule has 14 heavy (non-hydrogen) atoms. The minimum atomic E-state index is 0.641. The van der Waals surface area contributed by atoms with Gasteiger partial charge in [0.05, 0.1) is 0 Å². The second-order valence-corrected chi connectivity index (χ2v) is 4.94. The molecule has 1 aliphatic heterocycles. The Kier molecular flexibility index (Phi) is 4.90. The zero-order valence-electron chi connectivity index (χ0n) is 10.00. The van der Waals surface area contributed by atoms with Gasteiger partial charge in [-0.3, -0.25) is 4.90 Å². The summed E-state index contributed by atoms with van der Waals surface area (Å²) in [6.45, 7) is 10.3. The van der Waals surface area contributed by atoms with E-state index in [-0.39, 0.29) is 0 Å². The molecule has 1 heterocycles. The highest BCUT2D eigenvalue weighted by Crippen LogP contribution is 2.25. The zero-order valence-corrected chi connectivity index (χ0v) is 10.00. The minimum absolute atomic E-state index is 0.641. The molecule has 0 aromatic heterocycles. The first-order valence-electron chi connectivity index (χ1n) is 6.13. The molecule has 3 unspecified atom stereocenters. The molecule has 0 aliphatic carbocycles. The van der Waals surface area contributed by atoms with Crippen LogP contribution in [-0.2, 0) is 0 Å². The summed E-state index contributed by atoms with van der Waals surface area (Å²) in [5.41, 5.74) is 5.84. The smallest absolute Gasteiger partial charge is 0.0218 e. The van der Waals surface area contributed by atoms with Crippen LogP contribution in [0.25, 0.3) is 0 Å². The van der Waals surface area contributed by atoms with Crippen LogP contribution >= 0.6 is 0 Å². The normalized spacial score (nSPS) is 30.9. The predicted molar refractivity (Wildman–Crippen MR) is 62.3 cm³/mol. The summed E-state index contributed by atoms with van der Waals surface area (Å²) in [4.78, 5) is 2.60. The predicted octanol–water partition coefficient (Wildman–Crippen LogP) is 2.09. The average Bonchev–Trinajstić information content (AvgIpc) is 2.48. The molecule has 0 saturated carbocycles. The van der Waals surface area contributed by atoms with Crippen molar-refractivity contribution in [3.8, 4) is 0 Å². The number of likely N-dealkylation sites (tertiary alicyclic amines) is 1. The second kappa shape index (κ2) is 5.72. The summed E-state index contributed by atoms with van der Waals surface area (Å²) in [7, 11) is 0. The van der Waals surface area contributed by atoms with Crippen LogP contribution in [0, 0.1) is 11.8 Å². The van der Waals surface area contributed by atoms with Gasteiger partial charge in [0, 0.05) is 25.7 Å². The second-order valence-electron chi connectivity index (χ2n) is 4.94. The fourth-order valence-corrected chi connectivity index (χ4v) is 2.36. The Labute approximate surface area is 88.8 Å². The topological polar surface area (TPSA) is 29.3 Å². The molecule has 0 aromatic carbocycles. The van der Waals surface area contributed by atoms with Crippen molar-refractivity contribution in [2.45, 2.75) is 46.1 Å². The lowest BCUT2D eigenvalue weighted by atomic mass is 10.0. The Morgan fingerprint density at radius 1 is 1.29 bits per heavy atom. The van der Waals surface area contributed by atoms with Gasteiger partial charge in [-0.25, -0.2) is 0 Å². The summed E-state index contributed by atoms with van der Waals surface area (Å²) in [6, 6.07) is 0.641. The molecule has 2 nitrogen and oxygen atoms in total. The van der Waals surface area contributed by atoms with E-state index < -0.39 is 0 Å². The standard InChI is InChI=1S/C12H26N2/c1-4-5-6-12(7-13)14-8-10(2)11(3)9-14/h10-12H,4-9,13H2,1-3H3. The third-order valence-electron chi connectivity index (χ3n) is 3.70. The van der Waals surface area contributed by atoms with Crippen LogP contribution in [0.4, 0.5) is 0 Å². The maximum Gasteiger partial charge on any atom is 0.0218 e. The highest BCUT2D eigenvalue weighted by Gasteiger charge is 2.29. The van der Waals surface area contributed by atoms with Crippen molar-refractivity contribution in [3.63, 3.8) is 0 Å². The Morgan fingerprint density at radius 2 is 1.86 bits per heavy atom. The average molecular weight is 198 g/mol. The Morgan fingerprint density at radius 3 is 2.29 bits per heavy atom. The van der Waals surface area contributed by atoms with E-state index in [9.17, 15) is 0 Å². The van der Waals surface area contributed by atoms with Gasteiger partial charge in [-0.1, -0.05) is 33.6 Å². The van der Waals surface area contributed by atoms with E-state index in [1.54, 1.807) is 0 Å². The number of unbranched alkanes of at least 4 members (excludes halogenated alkanes) is 1. The van der Waals surface area contributed by atoms with Gasteiger partial charge in [0.2, 0.25) is 0 Å². The molecule has 0 aromatic rings. The SMILES string of the molecule is CCCCC(CN)N1CC(C)C(C)C1. The first-order chi connectivity index (χ1) is 6.69. The van der Waals surface area contributed by atoms with Gasteiger partial charge in [-0.2, -0.15) is 0 Å². The Balaban J connectivity index is 2.37. The molecule has 2 heteroatoms. The van der Waals surface area contributed by atoms with Crippen LogP contribution < -0.4 is 5.73 Å². The molecule has 0 bridgehead atoms. The Bertz CT molecular complexity index is 148. The zero-order chi connectivity index (χ0) is 10.6. The van der Waals surface area contributed by atoms with Crippen LogP contribution in [0.1, 0.15) is 40.0 Å². The van der Waals surface area contributed by atoms with Gasteiger partial charge < -0.3 is 5.73 Å². The van der Waals surface area contributed by atoms with E-state index in [1.807, 2.05) is 0 Å². The fraction of sp³-hybridized carbons (Fsp3) is 1.00. The molecule has 1 fully saturated rings. The van der Waals surface area contributed by atoms with Crippen molar-refractivity contribution in [2.75, 3.05) is 19.6 Å². The lowest BCUT2D eigenvalue weighted by Gasteiger charge is -2.26. The highest BCUT2D eigenvalue weighted by molar-refractivity contribution is 4.84. The molecule has 0 radical (unpaired) electrons. The molecule has 84 valence electrons. The molecule has 3 atom stereocenters. The third kappa shape index (κ3) is 2.96. The van der Waals surface area contributed by atoms with Crippen molar-refractivity contribution >= 4 is 0 Å². The van der Waals surface area contributed by atoms with E-state index >= 15 is 0 Å². The number of nitrogens with zero attached hydrogens (tertiary/aromatic N) is 1. The lowest BCUT2D eigenvalue weighted by Crippen LogP contribution is -2.39. The molecule has 1 saturated heterocycles. The van der Waals surface area contributed by atoms with Gasteiger partial charge in [0.15, 0.2) is 0 Å². The van der Waals surface area contributed by atoms with Crippen LogP contribution in [0.2, 0.25) is 0 Å². The maximum absolute atomic E-state index is 5.84. The fourth-order valence-electron chi connectivity index (χ4n) is 2.36. The van der Waals surface area contributed by atoms with E-state index in [1.165, 1.54) is 32.4 Å². The van der Waals surface area contributed by atoms with Crippen LogP contribution in [0.5, 0.6) is 0 Å². The van der Waals surface area contributed by atoms with E-state index in [0.29, 0.717) is 6.04 Å². The van der Waals surface area contributed by atoms with Gasteiger partial charge >= 0.3 is 0 Å². The molecule has 2 N–H and O–H groups in total. The van der Waals surface area contributed by atoms with Crippen molar-refractivity contribution in [2.24, 2.45) is 17.6 Å². The quantitative estimate of drug-likeness (QED) is 0.733. The molecule has 0 spiro atoms. The number of nitrogens with two attached hydrogens (primary N) is 1. The maximum atomic E-state index is 5.84. The van der Waals surface area contributed by atoms with Crippen LogP contribution in [-0.4, -0.2) is 30.6 Å². The van der Waals surface area contributed by atoms with Crippen molar-refractivity contribution in [3.05, 3.63) is 0 Å². The van der Waals surface area contributed by atoms with Gasteiger partial charge in [-0.15, -0.1) is 0 Å². The summed E-state index contributed by atoms with van der Waals surface area (Å²) >= 11 is 0. The summed E-state index contributed by atoms with van der Waals surface area (Å²) in [5, 5.41) is 0. The van der Waals surface area contributed by atoms with E-state index in [0.717, 1.165) is 18.4 Å². The first-order valence-corrected chi connectivity index (χ1v) is 6.13. The number of hydrogen-bond donors (Lipinski definition) is 1. The van der Waals surface area contributed by atoms with Crippen molar-refractivity contribution < 1.29 is 0 Å². The molecular formula is C12H26N2. The monoisotopic (exact) mass is 198 g/mol. The highest BCUT2D eigenvalue weighted by atomic mass is 15.2. The van der Waals surface area contributed by atoms with Crippen molar-refractivity contribution in [1.29, 1.82) is 0 Å². The summed E-state index contributed by atoms with van der Waals surface area (Å²) in [6.07, 6.45) is 3.89. The van der Waals surface area contributed by atoms with Crippen LogP contribution in [0.3, 0.4) is 0 Å². The third-order valence-corrected chi connectivity index (χ3v) is 3.70. The van der Waals surface area contributed by atoms with Crippen LogP contribution in [0.15, 0.2) is 0 Å². The molecule has 1 aliphatic rings. The number of hydrogen-bond acceptors (Lipinski definition) is 2. The van der Waals surface area contributed by atoms with Gasteiger partial charge in [-0.05, 0) is 18.3 Å². The first kappa shape index (κ1) is 12.0. The Hall–Kier alpha value is -0.0800. The minimum Gasteiger partial charge on any atom is -0.329 e. The van der Waals surface area contributed by atoms with E-state index in [4.69, 9.17) is 5.73 Å². The lowest BCUT2D eigenvalue weighted by molar-refractivity contribution is 0.222.